The topological polar surface area (TPSA) is 82.6 Å². The van der Waals surface area contributed by atoms with Crippen molar-refractivity contribution in [1.29, 1.82) is 0 Å². The van der Waals surface area contributed by atoms with Crippen molar-refractivity contribution in [3.05, 3.63) is 63.9 Å². The van der Waals surface area contributed by atoms with E-state index in [2.05, 4.69) is 13.9 Å². The van der Waals surface area contributed by atoms with E-state index in [9.17, 15) is 26.4 Å². The summed E-state index contributed by atoms with van der Waals surface area (Å²) in [5.41, 5.74) is -4.37. The molecule has 1 heterocycles. The lowest BCUT2D eigenvalue weighted by Crippen LogP contribution is -2.25. The Hall–Kier alpha value is -2.59. The molecule has 6 nitrogen and oxygen atoms in total. The maximum absolute atomic E-state index is 13.1. The Morgan fingerprint density at radius 2 is 1.90 bits per heavy atom. The van der Waals surface area contributed by atoms with Crippen molar-refractivity contribution in [2.24, 2.45) is 0 Å². The number of pyridine rings is 1. The summed E-state index contributed by atoms with van der Waals surface area (Å²) in [5.74, 6) is -1.11. The summed E-state index contributed by atoms with van der Waals surface area (Å²) in [7, 11) is -4.75. The number of ether oxygens (including phenoxy) is 1. The van der Waals surface area contributed by atoms with E-state index in [4.69, 9.17) is 11.6 Å². The van der Waals surface area contributed by atoms with Crippen molar-refractivity contribution in [3.63, 3.8) is 0 Å². The van der Waals surface area contributed by atoms with Crippen LogP contribution in [0.4, 0.5) is 13.2 Å². The van der Waals surface area contributed by atoms with Gasteiger partial charge in [0.15, 0.2) is 5.76 Å². The molecule has 1 aromatic heterocycles. The molecule has 0 spiro atoms. The van der Waals surface area contributed by atoms with Crippen LogP contribution in [-0.2, 0) is 25.5 Å². The molecule has 1 aromatic carbocycles. The van der Waals surface area contributed by atoms with Crippen molar-refractivity contribution in [1.82, 2.24) is 4.98 Å². The molecule has 0 saturated heterocycles. The Labute approximate surface area is 175 Å². The fourth-order valence-electron chi connectivity index (χ4n) is 3.13. The van der Waals surface area contributed by atoms with Crippen LogP contribution < -0.4 is 0 Å². The first-order valence-corrected chi connectivity index (χ1v) is 10.4. The van der Waals surface area contributed by atoms with Crippen LogP contribution in [0.1, 0.15) is 39.9 Å². The maximum atomic E-state index is 13.1. The molecule has 0 amide bonds. The lowest BCUT2D eigenvalue weighted by Gasteiger charge is -2.18. The van der Waals surface area contributed by atoms with Gasteiger partial charge in [0, 0.05) is 29.1 Å². The minimum atomic E-state index is -5.95. The van der Waals surface area contributed by atoms with Gasteiger partial charge in [-0.2, -0.15) is 21.6 Å². The van der Waals surface area contributed by atoms with Crippen LogP contribution in [0.5, 0.6) is 0 Å². The number of aromatic nitrogens is 1. The number of allylic oxidation sites excluding steroid dienone is 1. The first kappa shape index (κ1) is 22.1. The third-order valence-electron chi connectivity index (χ3n) is 4.49. The van der Waals surface area contributed by atoms with E-state index in [0.29, 0.717) is 24.0 Å². The van der Waals surface area contributed by atoms with Crippen molar-refractivity contribution in [2.45, 2.75) is 24.8 Å². The summed E-state index contributed by atoms with van der Waals surface area (Å²) < 4.78 is 72.1. The van der Waals surface area contributed by atoms with Crippen molar-refractivity contribution < 1.29 is 35.3 Å². The highest BCUT2D eigenvalue weighted by molar-refractivity contribution is 7.87. The number of nitrogens with zero attached hydrogens (tertiary/aromatic N) is 1. The molecule has 1 aliphatic rings. The third-order valence-corrected chi connectivity index (χ3v) is 5.75. The normalized spacial score (nSPS) is 14.7. The standard InChI is InChI=1S/C19H15ClF3NO5S/c1-28-18(25)12-5-6-13-11(9-12)3-2-4-15(14-7-8-24-10-16(14)20)17(13)29-30(26,27)19(21,22)23/h5-10H,2-4H2,1H3. The summed E-state index contributed by atoms with van der Waals surface area (Å²) in [6, 6.07) is 5.57. The molecule has 1 aliphatic carbocycles. The van der Waals surface area contributed by atoms with Crippen molar-refractivity contribution >= 4 is 39.0 Å². The number of rotatable bonds is 4. The third kappa shape index (κ3) is 4.29. The molecule has 0 bridgehead atoms. The van der Waals surface area contributed by atoms with Gasteiger partial charge in [0.1, 0.15) is 0 Å². The molecule has 2 aromatic rings. The minimum absolute atomic E-state index is 0.121. The van der Waals surface area contributed by atoms with Gasteiger partial charge in [-0.1, -0.05) is 17.7 Å². The molecule has 0 saturated carbocycles. The Morgan fingerprint density at radius 1 is 1.17 bits per heavy atom. The average Bonchev–Trinajstić information content (AvgIpc) is 2.85. The molecule has 0 aliphatic heterocycles. The van der Waals surface area contributed by atoms with Crippen LogP contribution >= 0.6 is 11.6 Å². The molecule has 0 radical (unpaired) electrons. The maximum Gasteiger partial charge on any atom is 0.534 e. The SMILES string of the molecule is COC(=O)c1ccc2c(c1)CCCC(c1ccncc1Cl)=C2OS(=O)(=O)C(F)(F)F. The molecule has 11 heteroatoms. The number of halogens is 4. The molecule has 3 rings (SSSR count). The van der Waals surface area contributed by atoms with Crippen molar-refractivity contribution in [3.8, 4) is 0 Å². The fourth-order valence-corrected chi connectivity index (χ4v) is 3.87. The molecule has 0 fully saturated rings. The second-order valence-electron chi connectivity index (χ2n) is 6.36. The second-order valence-corrected chi connectivity index (χ2v) is 8.31. The van der Waals surface area contributed by atoms with Gasteiger partial charge in [0.2, 0.25) is 0 Å². The second kappa shape index (κ2) is 8.27. The fraction of sp³-hybridized carbons (Fsp3) is 0.263. The number of carbonyl (C=O) groups excluding carboxylic acids is 1. The molecule has 0 unspecified atom stereocenters. The number of methoxy groups -OCH3 is 1. The van der Waals surface area contributed by atoms with Gasteiger partial charge in [0.05, 0.1) is 17.7 Å². The average molecular weight is 462 g/mol. The van der Waals surface area contributed by atoms with Gasteiger partial charge in [-0.3, -0.25) is 4.98 Å². The van der Waals surface area contributed by atoms with E-state index in [1.807, 2.05) is 0 Å². The Balaban J connectivity index is 2.27. The zero-order chi connectivity index (χ0) is 22.1. The smallest absolute Gasteiger partial charge is 0.465 e. The molecular formula is C19H15ClF3NO5S. The van der Waals surface area contributed by atoms with Crippen LogP contribution in [0, 0.1) is 0 Å². The number of alkyl halides is 3. The summed E-state index contributed by atoms with van der Waals surface area (Å²) in [6.07, 6.45) is 3.69. The Kier molecular flexibility index (Phi) is 6.09. The first-order valence-electron chi connectivity index (χ1n) is 8.60. The number of fused-ring (bicyclic) bond motifs is 1. The van der Waals surface area contributed by atoms with Crippen LogP contribution in [0.3, 0.4) is 0 Å². The monoisotopic (exact) mass is 461 g/mol. The molecular weight excluding hydrogens is 447 g/mol. The summed E-state index contributed by atoms with van der Waals surface area (Å²) in [4.78, 5) is 15.7. The van der Waals surface area contributed by atoms with E-state index in [1.165, 1.54) is 43.8 Å². The van der Waals surface area contributed by atoms with Gasteiger partial charge in [-0.25, -0.2) is 4.79 Å². The summed E-state index contributed by atoms with van der Waals surface area (Å²) in [6.45, 7) is 0. The summed E-state index contributed by atoms with van der Waals surface area (Å²) >= 11 is 6.16. The number of esters is 1. The largest absolute Gasteiger partial charge is 0.534 e. The zero-order valence-electron chi connectivity index (χ0n) is 15.5. The Bertz CT molecular complexity index is 1130. The van der Waals surface area contributed by atoms with E-state index in [0.717, 1.165) is 0 Å². The van der Waals surface area contributed by atoms with Crippen LogP contribution in [0.25, 0.3) is 11.3 Å². The Morgan fingerprint density at radius 3 is 2.53 bits per heavy atom. The van der Waals surface area contributed by atoms with Gasteiger partial charge in [0.25, 0.3) is 0 Å². The van der Waals surface area contributed by atoms with E-state index in [-0.39, 0.29) is 28.1 Å². The quantitative estimate of drug-likeness (QED) is 0.376. The highest BCUT2D eigenvalue weighted by Crippen LogP contribution is 2.41. The molecule has 30 heavy (non-hydrogen) atoms. The highest BCUT2D eigenvalue weighted by Gasteiger charge is 2.49. The van der Waals surface area contributed by atoms with Crippen LogP contribution in [-0.4, -0.2) is 32.0 Å². The van der Waals surface area contributed by atoms with Gasteiger partial charge >= 0.3 is 21.6 Å². The number of benzene rings is 1. The number of aryl methyl sites for hydroxylation is 1. The predicted molar refractivity (Wildman–Crippen MR) is 103 cm³/mol. The lowest BCUT2D eigenvalue weighted by molar-refractivity contribution is -0.0509. The number of hydrogen-bond acceptors (Lipinski definition) is 6. The molecule has 0 N–H and O–H groups in total. The molecule has 160 valence electrons. The number of carbonyl (C=O) groups is 1. The summed E-state index contributed by atoms with van der Waals surface area (Å²) in [5, 5.41) is 0.132. The lowest BCUT2D eigenvalue weighted by atomic mass is 9.98. The number of hydrogen-bond donors (Lipinski definition) is 0. The van der Waals surface area contributed by atoms with Crippen molar-refractivity contribution in [2.75, 3.05) is 7.11 Å². The van der Waals surface area contributed by atoms with Gasteiger partial charge in [-0.15, -0.1) is 0 Å². The van der Waals surface area contributed by atoms with E-state index < -0.39 is 27.4 Å². The first-order chi connectivity index (χ1) is 14.0. The minimum Gasteiger partial charge on any atom is -0.465 e. The molecule has 0 atom stereocenters. The van der Waals surface area contributed by atoms with E-state index >= 15 is 0 Å². The highest BCUT2D eigenvalue weighted by atomic mass is 35.5. The van der Waals surface area contributed by atoms with Gasteiger partial charge < -0.3 is 8.92 Å². The van der Waals surface area contributed by atoms with Gasteiger partial charge in [-0.05, 0) is 43.0 Å². The van der Waals surface area contributed by atoms with E-state index in [1.54, 1.807) is 0 Å². The zero-order valence-corrected chi connectivity index (χ0v) is 17.1. The van der Waals surface area contributed by atoms with Crippen LogP contribution in [0.15, 0.2) is 36.7 Å². The van der Waals surface area contributed by atoms with Crippen LogP contribution in [0.2, 0.25) is 5.02 Å². The predicted octanol–water partition coefficient (Wildman–Crippen LogP) is 4.59.